The highest BCUT2D eigenvalue weighted by molar-refractivity contribution is 7.89. The number of piperazine rings is 1. The molecule has 3 aliphatic rings. The summed E-state index contributed by atoms with van der Waals surface area (Å²) in [5.41, 5.74) is -0.0177. The Labute approximate surface area is 233 Å². The van der Waals surface area contributed by atoms with Crippen LogP contribution in [0.4, 0.5) is 5.69 Å². The second-order valence-corrected chi connectivity index (χ2v) is 13.2. The number of carbonyl (C=O) groups is 1. The van der Waals surface area contributed by atoms with Crippen LogP contribution in [0.25, 0.3) is 10.8 Å². The lowest BCUT2D eigenvalue weighted by Crippen LogP contribution is -2.70. The highest BCUT2D eigenvalue weighted by Gasteiger charge is 2.63. The van der Waals surface area contributed by atoms with E-state index in [-0.39, 0.29) is 36.0 Å². The monoisotopic (exact) mass is 569 g/mol. The van der Waals surface area contributed by atoms with Gasteiger partial charge in [-0.2, -0.15) is 4.31 Å². The molecule has 39 heavy (non-hydrogen) atoms. The molecule has 2 aromatic carbocycles. The number of methoxy groups -OCH3 is 1. The summed E-state index contributed by atoms with van der Waals surface area (Å²) >= 11 is 6.11. The average molecular weight is 570 g/mol. The first-order valence-corrected chi connectivity index (χ1v) is 14.9. The molecule has 1 aromatic heterocycles. The molecular formula is C28H32ClN5O4S. The number of benzene rings is 2. The van der Waals surface area contributed by atoms with Gasteiger partial charge in [-0.15, -0.1) is 0 Å². The van der Waals surface area contributed by atoms with Gasteiger partial charge in [-0.25, -0.2) is 8.42 Å². The number of rotatable bonds is 5. The van der Waals surface area contributed by atoms with Gasteiger partial charge in [0, 0.05) is 55.4 Å². The third-order valence-electron chi connectivity index (χ3n) is 8.84. The van der Waals surface area contributed by atoms with E-state index in [0.717, 1.165) is 42.4 Å². The maximum absolute atomic E-state index is 13.9. The SMILES string of the molecule is COC[C@@]12CN(S(=O)(=O)c3ccc4cc(Cl)ccc4c3)CC(=O)N1CC1(CCN(c3ccncc3)CC1)N2C. The van der Waals surface area contributed by atoms with Crippen LogP contribution in [0, 0.1) is 0 Å². The molecule has 9 nitrogen and oxygen atoms in total. The molecule has 0 N–H and O–H groups in total. The van der Waals surface area contributed by atoms with E-state index in [0.29, 0.717) is 11.6 Å². The van der Waals surface area contributed by atoms with Crippen molar-refractivity contribution in [3.63, 3.8) is 0 Å². The van der Waals surface area contributed by atoms with E-state index in [2.05, 4.69) is 14.8 Å². The van der Waals surface area contributed by atoms with E-state index < -0.39 is 15.7 Å². The maximum Gasteiger partial charge on any atom is 0.243 e. The Hall–Kier alpha value is -2.76. The number of sulfonamides is 1. The molecule has 3 saturated heterocycles. The Morgan fingerprint density at radius 3 is 2.41 bits per heavy atom. The molecule has 3 aliphatic heterocycles. The molecular weight excluding hydrogens is 538 g/mol. The first-order chi connectivity index (χ1) is 18.7. The molecule has 1 spiro atoms. The van der Waals surface area contributed by atoms with Crippen LogP contribution in [-0.2, 0) is 19.6 Å². The highest BCUT2D eigenvalue weighted by Crippen LogP contribution is 2.46. The first kappa shape index (κ1) is 26.5. The van der Waals surface area contributed by atoms with Crippen LogP contribution in [0.3, 0.4) is 0 Å². The number of amides is 1. The zero-order valence-corrected chi connectivity index (χ0v) is 23.7. The summed E-state index contributed by atoms with van der Waals surface area (Å²) in [5, 5.41) is 2.22. The number of hydrogen-bond donors (Lipinski definition) is 0. The zero-order chi connectivity index (χ0) is 27.4. The lowest BCUT2D eigenvalue weighted by atomic mass is 9.86. The van der Waals surface area contributed by atoms with Gasteiger partial charge in [-0.3, -0.25) is 14.7 Å². The number of nitrogens with zero attached hydrogens (tertiary/aromatic N) is 5. The molecule has 0 aliphatic carbocycles. The van der Waals surface area contributed by atoms with E-state index in [9.17, 15) is 13.2 Å². The summed E-state index contributed by atoms with van der Waals surface area (Å²) in [4.78, 5) is 24.4. The average Bonchev–Trinajstić information content (AvgIpc) is 3.17. The van der Waals surface area contributed by atoms with E-state index >= 15 is 0 Å². The van der Waals surface area contributed by atoms with Crippen LogP contribution in [-0.4, -0.2) is 98.1 Å². The summed E-state index contributed by atoms with van der Waals surface area (Å²) in [5.74, 6) is -0.199. The largest absolute Gasteiger partial charge is 0.381 e. The van der Waals surface area contributed by atoms with Gasteiger partial charge in [-0.05, 0) is 67.1 Å². The van der Waals surface area contributed by atoms with Crippen molar-refractivity contribution in [3.05, 3.63) is 65.9 Å². The van der Waals surface area contributed by atoms with Gasteiger partial charge in [0.2, 0.25) is 15.9 Å². The Morgan fingerprint density at radius 1 is 1.00 bits per heavy atom. The van der Waals surface area contributed by atoms with Gasteiger partial charge < -0.3 is 14.5 Å². The first-order valence-electron chi connectivity index (χ1n) is 13.1. The standard InChI is InChI=1S/C28H32ClN5O4S/c1-31-27(9-13-32(14-10-27)24-7-11-30-12-8-24)18-34-26(35)17-33(19-28(31,34)20-38-2)39(36,37)25-6-4-21-15-23(29)5-3-22(21)16-25/h3-8,11-12,15-16H,9-10,13-14,17-20H2,1-2H3/t28-/m1/s1. The van der Waals surface area contributed by atoms with Crippen LogP contribution in [0.1, 0.15) is 12.8 Å². The van der Waals surface area contributed by atoms with Crippen molar-refractivity contribution < 1.29 is 17.9 Å². The highest BCUT2D eigenvalue weighted by atomic mass is 35.5. The number of pyridine rings is 1. The summed E-state index contributed by atoms with van der Waals surface area (Å²) < 4.78 is 34.8. The minimum Gasteiger partial charge on any atom is -0.381 e. The molecule has 0 radical (unpaired) electrons. The number of halogens is 1. The van der Waals surface area contributed by atoms with Gasteiger partial charge in [-0.1, -0.05) is 23.7 Å². The number of carbonyl (C=O) groups excluding carboxylic acids is 1. The van der Waals surface area contributed by atoms with E-state index in [4.69, 9.17) is 16.3 Å². The van der Waals surface area contributed by atoms with Gasteiger partial charge in [0.25, 0.3) is 0 Å². The van der Waals surface area contributed by atoms with E-state index in [1.807, 2.05) is 24.1 Å². The lowest BCUT2D eigenvalue weighted by molar-refractivity contribution is -0.152. The van der Waals surface area contributed by atoms with E-state index in [1.165, 1.54) is 4.31 Å². The van der Waals surface area contributed by atoms with Crippen molar-refractivity contribution >= 4 is 44.0 Å². The number of likely N-dealkylation sites (N-methyl/N-ethyl adjacent to an activating group) is 1. The van der Waals surface area contributed by atoms with E-state index in [1.54, 1.807) is 55.9 Å². The summed E-state index contributed by atoms with van der Waals surface area (Å²) in [6.45, 7) is 2.39. The third kappa shape index (κ3) is 4.29. The summed E-state index contributed by atoms with van der Waals surface area (Å²) in [6.07, 6.45) is 5.29. The molecule has 3 fully saturated rings. The topological polar surface area (TPSA) is 86.3 Å². The number of ether oxygens (including phenoxy) is 1. The molecule has 0 saturated carbocycles. The van der Waals surface area contributed by atoms with Crippen LogP contribution >= 0.6 is 11.6 Å². The fraction of sp³-hybridized carbons (Fsp3) is 0.429. The van der Waals surface area contributed by atoms with Gasteiger partial charge in [0.15, 0.2) is 0 Å². The molecule has 1 amide bonds. The lowest BCUT2D eigenvalue weighted by Gasteiger charge is -2.50. The van der Waals surface area contributed by atoms with Gasteiger partial charge in [0.1, 0.15) is 5.66 Å². The fourth-order valence-corrected chi connectivity index (χ4v) is 8.26. The number of aromatic nitrogens is 1. The molecule has 3 aromatic rings. The number of anilines is 1. The van der Waals surface area contributed by atoms with Crippen molar-refractivity contribution in [3.8, 4) is 0 Å². The second kappa shape index (κ2) is 9.71. The molecule has 0 bridgehead atoms. The van der Waals surface area contributed by atoms with Crippen molar-refractivity contribution in [2.24, 2.45) is 0 Å². The molecule has 1 atom stereocenters. The zero-order valence-electron chi connectivity index (χ0n) is 22.1. The Balaban J connectivity index is 1.30. The van der Waals surface area contributed by atoms with Crippen molar-refractivity contribution in [1.82, 2.24) is 19.1 Å². The number of hydrogen-bond acceptors (Lipinski definition) is 7. The minimum atomic E-state index is -3.95. The second-order valence-electron chi connectivity index (χ2n) is 10.8. The molecule has 4 heterocycles. The third-order valence-corrected chi connectivity index (χ3v) is 10.9. The van der Waals surface area contributed by atoms with Crippen LogP contribution in [0.5, 0.6) is 0 Å². The predicted molar refractivity (Wildman–Crippen MR) is 150 cm³/mol. The van der Waals surface area contributed by atoms with Crippen molar-refractivity contribution in [2.45, 2.75) is 28.9 Å². The van der Waals surface area contributed by atoms with Crippen LogP contribution in [0.2, 0.25) is 5.02 Å². The number of fused-ring (bicyclic) bond motifs is 2. The quantitative estimate of drug-likeness (QED) is 0.467. The number of piperidine rings is 1. The Kier molecular flexibility index (Phi) is 6.59. The van der Waals surface area contributed by atoms with Gasteiger partial charge >= 0.3 is 0 Å². The predicted octanol–water partition coefficient (Wildman–Crippen LogP) is 3.05. The molecule has 206 valence electrons. The Bertz CT molecular complexity index is 1510. The van der Waals surface area contributed by atoms with Crippen LogP contribution < -0.4 is 4.90 Å². The minimum absolute atomic E-state index is 0.139. The fourth-order valence-electron chi connectivity index (χ4n) is 6.61. The molecule has 11 heteroatoms. The normalized spacial score (nSPS) is 24.0. The van der Waals surface area contributed by atoms with Crippen LogP contribution in [0.15, 0.2) is 65.8 Å². The Morgan fingerprint density at radius 2 is 1.69 bits per heavy atom. The molecule has 6 rings (SSSR count). The molecule has 0 unspecified atom stereocenters. The van der Waals surface area contributed by atoms with Crippen molar-refractivity contribution in [1.29, 1.82) is 0 Å². The summed E-state index contributed by atoms with van der Waals surface area (Å²) in [7, 11) is -0.326. The maximum atomic E-state index is 13.9. The van der Waals surface area contributed by atoms with Crippen molar-refractivity contribution in [2.75, 3.05) is 58.4 Å². The van der Waals surface area contributed by atoms with Gasteiger partial charge in [0.05, 0.1) is 24.6 Å². The smallest absolute Gasteiger partial charge is 0.243 e. The summed E-state index contributed by atoms with van der Waals surface area (Å²) in [6, 6.07) is 14.4.